The lowest BCUT2D eigenvalue weighted by Crippen LogP contribution is -1.93. The number of nitrogens with two attached hydrogens (primary N) is 1. The molecule has 4 heteroatoms. The van der Waals surface area contributed by atoms with Crippen LogP contribution in [0, 0.1) is 6.92 Å². The van der Waals surface area contributed by atoms with E-state index in [-0.39, 0.29) is 0 Å². The van der Waals surface area contributed by atoms with E-state index in [0.717, 1.165) is 11.2 Å². The zero-order chi connectivity index (χ0) is 12.0. The van der Waals surface area contributed by atoms with E-state index >= 15 is 0 Å². The number of nitrogens with zero attached hydrogens (tertiary/aromatic N) is 2. The number of rotatable bonds is 1. The zero-order valence-electron chi connectivity index (χ0n) is 9.77. The highest BCUT2D eigenvalue weighted by Gasteiger charge is 2.14. The van der Waals surface area contributed by atoms with Gasteiger partial charge in [-0.3, -0.25) is 0 Å². The second kappa shape index (κ2) is 3.38. The first-order chi connectivity index (χ1) is 8.16. The number of fused-ring (bicyclic) bond motifs is 1. The Morgan fingerprint density at radius 3 is 2.82 bits per heavy atom. The molecular formula is C13H13N3O. The molecule has 0 saturated carbocycles. The van der Waals surface area contributed by atoms with Crippen LogP contribution in [0.15, 0.2) is 35.0 Å². The van der Waals surface area contributed by atoms with E-state index in [1.807, 2.05) is 7.05 Å². The monoisotopic (exact) mass is 227 g/mol. The average Bonchev–Trinajstić information content (AvgIpc) is 2.84. The molecule has 0 radical (unpaired) electrons. The van der Waals surface area contributed by atoms with Crippen LogP contribution in [0.1, 0.15) is 5.56 Å². The van der Waals surface area contributed by atoms with Crippen molar-refractivity contribution in [2.24, 2.45) is 7.05 Å². The molecule has 0 bridgehead atoms. The first-order valence-electron chi connectivity index (χ1n) is 5.43. The van der Waals surface area contributed by atoms with Crippen molar-refractivity contribution in [1.29, 1.82) is 0 Å². The van der Waals surface area contributed by atoms with Crippen molar-refractivity contribution in [3.63, 3.8) is 0 Å². The van der Waals surface area contributed by atoms with Crippen LogP contribution in [0.5, 0.6) is 0 Å². The van der Waals surface area contributed by atoms with Crippen LogP contribution in [0.4, 0.5) is 5.69 Å². The fourth-order valence-corrected chi connectivity index (χ4v) is 2.10. The van der Waals surface area contributed by atoms with Crippen molar-refractivity contribution in [2.75, 3.05) is 5.73 Å². The minimum atomic E-state index is 0.563. The summed E-state index contributed by atoms with van der Waals surface area (Å²) in [5, 5.41) is 4.88. The fraction of sp³-hybridized carbons (Fsp3) is 0.154. The SMILES string of the molecule is Cc1ccc2cc(-c3oncc3N)n(C)c2c1. The van der Waals surface area contributed by atoms with Crippen molar-refractivity contribution in [3.8, 4) is 11.5 Å². The number of aromatic nitrogens is 2. The van der Waals surface area contributed by atoms with E-state index in [1.165, 1.54) is 17.1 Å². The Bertz CT molecular complexity index is 694. The topological polar surface area (TPSA) is 57.0 Å². The molecule has 0 fully saturated rings. The molecule has 0 spiro atoms. The molecule has 3 aromatic rings. The van der Waals surface area contributed by atoms with Gasteiger partial charge in [0.1, 0.15) is 5.69 Å². The number of aryl methyl sites for hydroxylation is 2. The van der Waals surface area contributed by atoms with E-state index in [9.17, 15) is 0 Å². The molecule has 3 rings (SSSR count). The molecule has 0 aliphatic rings. The maximum Gasteiger partial charge on any atom is 0.206 e. The summed E-state index contributed by atoms with van der Waals surface area (Å²) in [4.78, 5) is 0. The van der Waals surface area contributed by atoms with Crippen LogP contribution < -0.4 is 5.73 Å². The number of benzene rings is 1. The Balaban J connectivity index is 2.32. The van der Waals surface area contributed by atoms with Gasteiger partial charge in [-0.15, -0.1) is 0 Å². The van der Waals surface area contributed by atoms with Gasteiger partial charge in [-0.05, 0) is 24.6 Å². The third-order valence-corrected chi connectivity index (χ3v) is 3.03. The van der Waals surface area contributed by atoms with Gasteiger partial charge in [-0.25, -0.2) is 0 Å². The van der Waals surface area contributed by atoms with Crippen molar-refractivity contribution in [3.05, 3.63) is 36.0 Å². The molecule has 86 valence electrons. The molecule has 2 heterocycles. The fourth-order valence-electron chi connectivity index (χ4n) is 2.10. The third kappa shape index (κ3) is 1.41. The molecule has 0 saturated heterocycles. The standard InChI is InChI=1S/C13H13N3O/c1-8-3-4-9-6-12(16(2)11(9)5-8)13-10(14)7-15-17-13/h3-7H,14H2,1-2H3. The van der Waals surface area contributed by atoms with E-state index in [2.05, 4.69) is 40.9 Å². The number of anilines is 1. The summed E-state index contributed by atoms with van der Waals surface area (Å²) < 4.78 is 7.26. The van der Waals surface area contributed by atoms with Gasteiger partial charge in [-0.2, -0.15) is 0 Å². The predicted octanol–water partition coefficient (Wildman–Crippen LogP) is 2.72. The van der Waals surface area contributed by atoms with Gasteiger partial charge in [0.25, 0.3) is 0 Å². The summed E-state index contributed by atoms with van der Waals surface area (Å²) in [6.45, 7) is 2.08. The molecule has 0 amide bonds. The molecule has 4 nitrogen and oxygen atoms in total. The maximum atomic E-state index is 5.82. The van der Waals surface area contributed by atoms with E-state index in [4.69, 9.17) is 10.3 Å². The van der Waals surface area contributed by atoms with Crippen molar-refractivity contribution in [2.45, 2.75) is 6.92 Å². The summed E-state index contributed by atoms with van der Waals surface area (Å²) in [6, 6.07) is 8.40. The number of hydrogen-bond acceptors (Lipinski definition) is 3. The Labute approximate surface area is 98.6 Å². The lowest BCUT2D eigenvalue weighted by molar-refractivity contribution is 0.430. The van der Waals surface area contributed by atoms with Crippen LogP contribution >= 0.6 is 0 Å². The van der Waals surface area contributed by atoms with Gasteiger partial charge < -0.3 is 14.8 Å². The highest BCUT2D eigenvalue weighted by molar-refractivity contribution is 5.88. The van der Waals surface area contributed by atoms with Crippen molar-refractivity contribution >= 4 is 16.6 Å². The number of nitrogen functional groups attached to an aromatic ring is 1. The third-order valence-electron chi connectivity index (χ3n) is 3.03. The quantitative estimate of drug-likeness (QED) is 0.695. The Kier molecular flexibility index (Phi) is 1.98. The summed E-state index contributed by atoms with van der Waals surface area (Å²) >= 11 is 0. The summed E-state index contributed by atoms with van der Waals surface area (Å²) in [5.41, 5.74) is 9.73. The molecule has 0 unspecified atom stereocenters. The van der Waals surface area contributed by atoms with Gasteiger partial charge in [-0.1, -0.05) is 17.3 Å². The average molecular weight is 227 g/mol. The minimum absolute atomic E-state index is 0.563. The van der Waals surface area contributed by atoms with Crippen LogP contribution in [-0.4, -0.2) is 9.72 Å². The highest BCUT2D eigenvalue weighted by atomic mass is 16.5. The first kappa shape index (κ1) is 9.96. The van der Waals surface area contributed by atoms with E-state index in [1.54, 1.807) is 0 Å². The number of hydrogen-bond donors (Lipinski definition) is 1. The summed E-state index contributed by atoms with van der Waals surface area (Å²) in [6.07, 6.45) is 1.53. The summed E-state index contributed by atoms with van der Waals surface area (Å²) in [5.74, 6) is 0.626. The van der Waals surface area contributed by atoms with E-state index < -0.39 is 0 Å². The second-order valence-corrected chi connectivity index (χ2v) is 4.26. The van der Waals surface area contributed by atoms with Crippen LogP contribution in [0.3, 0.4) is 0 Å². The van der Waals surface area contributed by atoms with Crippen LogP contribution in [0.2, 0.25) is 0 Å². The molecule has 2 aromatic heterocycles. The smallest absolute Gasteiger partial charge is 0.206 e. The van der Waals surface area contributed by atoms with Gasteiger partial charge in [0.2, 0.25) is 5.76 Å². The lowest BCUT2D eigenvalue weighted by atomic mass is 10.2. The van der Waals surface area contributed by atoms with E-state index in [0.29, 0.717) is 11.4 Å². The lowest BCUT2D eigenvalue weighted by Gasteiger charge is -2.01. The van der Waals surface area contributed by atoms with Gasteiger partial charge in [0, 0.05) is 18.0 Å². The molecule has 2 N–H and O–H groups in total. The van der Waals surface area contributed by atoms with Gasteiger partial charge in [0.15, 0.2) is 0 Å². The minimum Gasteiger partial charge on any atom is -0.394 e. The normalized spacial score (nSPS) is 11.2. The molecule has 0 aliphatic carbocycles. The molecule has 17 heavy (non-hydrogen) atoms. The highest BCUT2D eigenvalue weighted by Crippen LogP contribution is 2.30. The van der Waals surface area contributed by atoms with Gasteiger partial charge in [0.05, 0.1) is 11.9 Å². The first-order valence-corrected chi connectivity index (χ1v) is 5.43. The zero-order valence-corrected chi connectivity index (χ0v) is 9.77. The van der Waals surface area contributed by atoms with Crippen molar-refractivity contribution < 1.29 is 4.52 Å². The second-order valence-electron chi connectivity index (χ2n) is 4.26. The molecule has 0 atom stereocenters. The maximum absolute atomic E-state index is 5.82. The summed E-state index contributed by atoms with van der Waals surface area (Å²) in [7, 11) is 2.00. The predicted molar refractivity (Wildman–Crippen MR) is 67.6 cm³/mol. The Morgan fingerprint density at radius 2 is 2.12 bits per heavy atom. The van der Waals surface area contributed by atoms with Crippen LogP contribution in [0.25, 0.3) is 22.4 Å². The Hall–Kier alpha value is -2.23. The largest absolute Gasteiger partial charge is 0.394 e. The van der Waals surface area contributed by atoms with Gasteiger partial charge >= 0.3 is 0 Å². The van der Waals surface area contributed by atoms with Crippen LogP contribution in [-0.2, 0) is 7.05 Å². The van der Waals surface area contributed by atoms with Crippen molar-refractivity contribution in [1.82, 2.24) is 9.72 Å². The molecule has 1 aromatic carbocycles. The Morgan fingerprint density at radius 1 is 1.29 bits per heavy atom. The molecule has 0 aliphatic heterocycles. The molecular weight excluding hydrogens is 214 g/mol.